The predicted octanol–water partition coefficient (Wildman–Crippen LogP) is 4.03. The fraction of sp³-hybridized carbons (Fsp3) is 0.538. The molecule has 0 aliphatic carbocycles. The Bertz CT molecular complexity index is 332. The maximum Gasteiger partial charge on any atom is 0.122 e. The zero-order chi connectivity index (χ0) is 11.4. The lowest BCUT2D eigenvalue weighted by molar-refractivity contribution is 0.411. The first-order valence-electron chi connectivity index (χ1n) is 5.32. The molecule has 1 aromatic carbocycles. The Morgan fingerprint density at radius 3 is 2.47 bits per heavy atom. The zero-order valence-electron chi connectivity index (χ0n) is 9.93. The van der Waals surface area contributed by atoms with Crippen LogP contribution in [0.15, 0.2) is 12.1 Å². The molecule has 0 aromatic heterocycles. The van der Waals surface area contributed by atoms with Gasteiger partial charge in [-0.15, -0.1) is 0 Å². The van der Waals surface area contributed by atoms with Crippen molar-refractivity contribution in [1.82, 2.24) is 0 Å². The van der Waals surface area contributed by atoms with Gasteiger partial charge in [0, 0.05) is 4.83 Å². The van der Waals surface area contributed by atoms with Crippen molar-refractivity contribution in [3.8, 4) is 5.75 Å². The normalized spacial score (nSPS) is 12.6. The third kappa shape index (κ3) is 3.53. The smallest absolute Gasteiger partial charge is 0.122 e. The standard InChI is InChI=1S/C13H19BrO/c1-9-8-13(15-4)10(2)7-12(9)6-5-11(3)14/h7-8,11H,5-6H2,1-4H3. The van der Waals surface area contributed by atoms with Crippen molar-refractivity contribution >= 4 is 15.9 Å². The minimum Gasteiger partial charge on any atom is -0.496 e. The van der Waals surface area contributed by atoms with E-state index in [1.165, 1.54) is 23.1 Å². The molecule has 0 amide bonds. The SMILES string of the molecule is COc1cc(C)c(CCC(C)Br)cc1C. The third-order valence-corrected chi connectivity index (χ3v) is 3.12. The molecule has 0 spiro atoms. The molecule has 2 heteroatoms. The van der Waals surface area contributed by atoms with Gasteiger partial charge in [-0.05, 0) is 49.4 Å². The van der Waals surface area contributed by atoms with Gasteiger partial charge >= 0.3 is 0 Å². The Morgan fingerprint density at radius 1 is 1.27 bits per heavy atom. The summed E-state index contributed by atoms with van der Waals surface area (Å²) in [4.78, 5) is 0.583. The molecule has 1 nitrogen and oxygen atoms in total. The summed E-state index contributed by atoms with van der Waals surface area (Å²) in [5.74, 6) is 0.989. The zero-order valence-corrected chi connectivity index (χ0v) is 11.5. The van der Waals surface area contributed by atoms with Crippen molar-refractivity contribution < 1.29 is 4.74 Å². The highest BCUT2D eigenvalue weighted by atomic mass is 79.9. The molecule has 0 heterocycles. The minimum absolute atomic E-state index is 0.583. The van der Waals surface area contributed by atoms with Crippen LogP contribution in [0.3, 0.4) is 0 Å². The molecule has 0 saturated carbocycles. The molecular formula is C13H19BrO. The minimum atomic E-state index is 0.583. The summed E-state index contributed by atoms with van der Waals surface area (Å²) in [5, 5.41) is 0. The van der Waals surface area contributed by atoms with E-state index >= 15 is 0 Å². The van der Waals surface area contributed by atoms with Gasteiger partial charge in [0.2, 0.25) is 0 Å². The Hall–Kier alpha value is -0.500. The molecule has 0 aliphatic rings. The van der Waals surface area contributed by atoms with Gasteiger partial charge in [-0.2, -0.15) is 0 Å². The van der Waals surface area contributed by atoms with Crippen LogP contribution < -0.4 is 4.74 Å². The van der Waals surface area contributed by atoms with E-state index in [1.54, 1.807) is 7.11 Å². The van der Waals surface area contributed by atoms with Crippen molar-refractivity contribution in [2.24, 2.45) is 0 Å². The largest absolute Gasteiger partial charge is 0.496 e. The van der Waals surface area contributed by atoms with Gasteiger partial charge < -0.3 is 4.74 Å². The monoisotopic (exact) mass is 270 g/mol. The molecule has 1 atom stereocenters. The second-order valence-electron chi connectivity index (χ2n) is 4.07. The number of hydrogen-bond donors (Lipinski definition) is 0. The summed E-state index contributed by atoms with van der Waals surface area (Å²) >= 11 is 3.58. The van der Waals surface area contributed by atoms with Crippen LogP contribution in [0.4, 0.5) is 0 Å². The lowest BCUT2D eigenvalue weighted by Gasteiger charge is -2.11. The summed E-state index contributed by atoms with van der Waals surface area (Å²) in [6.45, 7) is 6.43. The number of rotatable bonds is 4. The molecule has 0 radical (unpaired) electrons. The molecule has 84 valence electrons. The second-order valence-corrected chi connectivity index (χ2v) is 5.63. The summed E-state index contributed by atoms with van der Waals surface area (Å²) < 4.78 is 5.30. The molecule has 0 aliphatic heterocycles. The Morgan fingerprint density at radius 2 is 1.93 bits per heavy atom. The van der Waals surface area contributed by atoms with Crippen molar-refractivity contribution in [3.63, 3.8) is 0 Å². The van der Waals surface area contributed by atoms with Crippen molar-refractivity contribution in [2.45, 2.75) is 38.4 Å². The Labute approximate surface area is 101 Å². The quantitative estimate of drug-likeness (QED) is 0.751. The Kier molecular flexibility index (Phi) is 4.65. The van der Waals surface area contributed by atoms with Crippen molar-refractivity contribution in [1.29, 1.82) is 0 Å². The highest BCUT2D eigenvalue weighted by Crippen LogP contribution is 2.24. The highest BCUT2D eigenvalue weighted by molar-refractivity contribution is 9.09. The lowest BCUT2D eigenvalue weighted by atomic mass is 10.00. The molecule has 0 N–H and O–H groups in total. The summed E-state index contributed by atoms with van der Waals surface area (Å²) in [6.07, 6.45) is 2.30. The van der Waals surface area contributed by atoms with Gasteiger partial charge in [-0.1, -0.05) is 28.9 Å². The van der Waals surface area contributed by atoms with E-state index in [2.05, 4.69) is 48.8 Å². The third-order valence-electron chi connectivity index (χ3n) is 2.66. The first kappa shape index (κ1) is 12.6. The van der Waals surface area contributed by atoms with Crippen LogP contribution in [-0.4, -0.2) is 11.9 Å². The molecule has 0 fully saturated rings. The molecule has 0 saturated heterocycles. The summed E-state index contributed by atoms with van der Waals surface area (Å²) in [5.41, 5.74) is 3.98. The first-order valence-corrected chi connectivity index (χ1v) is 6.24. The number of methoxy groups -OCH3 is 1. The topological polar surface area (TPSA) is 9.23 Å². The van der Waals surface area contributed by atoms with Gasteiger partial charge in [0.15, 0.2) is 0 Å². The number of halogens is 1. The fourth-order valence-corrected chi connectivity index (χ4v) is 1.92. The van der Waals surface area contributed by atoms with Gasteiger partial charge in [-0.25, -0.2) is 0 Å². The highest BCUT2D eigenvalue weighted by Gasteiger charge is 2.05. The number of hydrogen-bond acceptors (Lipinski definition) is 1. The fourth-order valence-electron chi connectivity index (χ4n) is 1.69. The van der Waals surface area contributed by atoms with E-state index in [0.29, 0.717) is 4.83 Å². The molecular weight excluding hydrogens is 252 g/mol. The van der Waals surface area contributed by atoms with Gasteiger partial charge in [0.25, 0.3) is 0 Å². The average Bonchev–Trinajstić information content (AvgIpc) is 2.18. The number of benzene rings is 1. The van der Waals surface area contributed by atoms with Crippen LogP contribution in [0.5, 0.6) is 5.75 Å². The van der Waals surface area contributed by atoms with E-state index in [0.717, 1.165) is 12.2 Å². The van der Waals surface area contributed by atoms with Gasteiger partial charge in [0.1, 0.15) is 5.75 Å². The maximum absolute atomic E-state index is 5.30. The van der Waals surface area contributed by atoms with E-state index < -0.39 is 0 Å². The van der Waals surface area contributed by atoms with Crippen LogP contribution in [0.1, 0.15) is 30.0 Å². The van der Waals surface area contributed by atoms with E-state index in [-0.39, 0.29) is 0 Å². The van der Waals surface area contributed by atoms with E-state index in [4.69, 9.17) is 4.74 Å². The number of ether oxygens (including phenoxy) is 1. The van der Waals surface area contributed by atoms with Crippen molar-refractivity contribution in [2.75, 3.05) is 7.11 Å². The number of aryl methyl sites for hydroxylation is 3. The summed E-state index contributed by atoms with van der Waals surface area (Å²) in [7, 11) is 1.72. The van der Waals surface area contributed by atoms with E-state index in [9.17, 15) is 0 Å². The predicted molar refractivity (Wildman–Crippen MR) is 69.2 cm³/mol. The van der Waals surface area contributed by atoms with E-state index in [1.807, 2.05) is 0 Å². The first-order chi connectivity index (χ1) is 7.04. The van der Waals surface area contributed by atoms with Crippen LogP contribution in [0.2, 0.25) is 0 Å². The summed E-state index contributed by atoms with van der Waals surface area (Å²) in [6, 6.07) is 4.37. The van der Waals surface area contributed by atoms with Gasteiger partial charge in [-0.3, -0.25) is 0 Å². The average molecular weight is 271 g/mol. The van der Waals surface area contributed by atoms with Crippen LogP contribution in [-0.2, 0) is 6.42 Å². The lowest BCUT2D eigenvalue weighted by Crippen LogP contribution is -1.98. The van der Waals surface area contributed by atoms with Gasteiger partial charge in [0.05, 0.1) is 7.11 Å². The molecule has 1 unspecified atom stereocenters. The second kappa shape index (κ2) is 5.55. The molecule has 1 rings (SSSR count). The van der Waals surface area contributed by atoms with Crippen LogP contribution >= 0.6 is 15.9 Å². The Balaban J connectivity index is 2.85. The maximum atomic E-state index is 5.30. The van der Waals surface area contributed by atoms with Crippen LogP contribution in [0, 0.1) is 13.8 Å². The number of alkyl halides is 1. The molecule has 15 heavy (non-hydrogen) atoms. The van der Waals surface area contributed by atoms with Crippen molar-refractivity contribution in [3.05, 3.63) is 28.8 Å². The molecule has 1 aromatic rings. The van der Waals surface area contributed by atoms with Crippen LogP contribution in [0.25, 0.3) is 0 Å². The molecule has 0 bridgehead atoms.